The number of rotatable bonds is 5. The number of aromatic nitrogens is 6. The lowest BCUT2D eigenvalue weighted by Crippen LogP contribution is -2.13. The van der Waals surface area contributed by atoms with Crippen LogP contribution in [0.5, 0.6) is 0 Å². The highest BCUT2D eigenvalue weighted by atomic mass is 16.1. The number of carbonyl (C=O) groups excluding carboxylic acids is 1. The van der Waals surface area contributed by atoms with Crippen molar-refractivity contribution < 1.29 is 4.79 Å². The van der Waals surface area contributed by atoms with E-state index in [4.69, 9.17) is 0 Å². The van der Waals surface area contributed by atoms with Gasteiger partial charge in [0.05, 0.1) is 29.2 Å². The molecule has 0 radical (unpaired) electrons. The van der Waals surface area contributed by atoms with Crippen molar-refractivity contribution in [2.45, 2.75) is 32.7 Å². The van der Waals surface area contributed by atoms with Gasteiger partial charge in [0.25, 0.3) is 5.91 Å². The summed E-state index contributed by atoms with van der Waals surface area (Å²) in [6.07, 6.45) is 3.79. The maximum absolute atomic E-state index is 12.9. The molecule has 1 saturated carbocycles. The Morgan fingerprint density at radius 1 is 1.10 bits per heavy atom. The molecule has 0 atom stereocenters. The molecular formula is C22H21N7O. The molecule has 0 saturated heterocycles. The molecule has 2 aromatic heterocycles. The van der Waals surface area contributed by atoms with Crippen LogP contribution in [0.3, 0.4) is 0 Å². The molecule has 0 spiro atoms. The predicted octanol–water partition coefficient (Wildman–Crippen LogP) is 3.73. The zero-order valence-corrected chi connectivity index (χ0v) is 16.8. The van der Waals surface area contributed by atoms with E-state index < -0.39 is 0 Å². The quantitative estimate of drug-likeness (QED) is 0.552. The molecule has 2 heterocycles. The van der Waals surface area contributed by atoms with Gasteiger partial charge in [0, 0.05) is 11.3 Å². The molecule has 0 unspecified atom stereocenters. The molecule has 30 heavy (non-hydrogen) atoms. The lowest BCUT2D eigenvalue weighted by molar-refractivity contribution is 0.102. The van der Waals surface area contributed by atoms with Gasteiger partial charge in [-0.15, -0.1) is 5.10 Å². The first-order chi connectivity index (χ1) is 14.6. The van der Waals surface area contributed by atoms with Crippen LogP contribution in [0.15, 0.2) is 54.7 Å². The first-order valence-corrected chi connectivity index (χ1v) is 9.91. The second-order valence-corrected chi connectivity index (χ2v) is 7.61. The summed E-state index contributed by atoms with van der Waals surface area (Å²) >= 11 is 0. The minimum atomic E-state index is -0.203. The van der Waals surface area contributed by atoms with E-state index in [0.717, 1.165) is 41.2 Å². The Labute approximate surface area is 173 Å². The third kappa shape index (κ3) is 3.36. The van der Waals surface area contributed by atoms with Crippen LogP contribution in [0.25, 0.3) is 17.1 Å². The number of hydrogen-bond acceptors (Lipinski definition) is 5. The molecule has 150 valence electrons. The number of nitrogens with zero attached hydrogens (tertiary/aromatic N) is 6. The van der Waals surface area contributed by atoms with Crippen LogP contribution in [0.4, 0.5) is 5.69 Å². The van der Waals surface area contributed by atoms with Crippen LogP contribution < -0.4 is 5.32 Å². The molecule has 5 rings (SSSR count). The van der Waals surface area contributed by atoms with Crippen LogP contribution in [0.2, 0.25) is 0 Å². The molecule has 0 bridgehead atoms. The van der Waals surface area contributed by atoms with Gasteiger partial charge in [-0.3, -0.25) is 4.79 Å². The van der Waals surface area contributed by atoms with Crippen molar-refractivity contribution >= 4 is 11.6 Å². The first-order valence-electron chi connectivity index (χ1n) is 9.91. The molecule has 1 amide bonds. The number of tetrazole rings is 1. The van der Waals surface area contributed by atoms with Gasteiger partial charge in [0.15, 0.2) is 5.82 Å². The molecular weight excluding hydrogens is 378 g/mol. The normalized spacial score (nSPS) is 13.4. The Kier molecular flexibility index (Phi) is 4.39. The van der Waals surface area contributed by atoms with Gasteiger partial charge in [0.2, 0.25) is 0 Å². The first kappa shape index (κ1) is 18.2. The predicted molar refractivity (Wildman–Crippen MR) is 113 cm³/mol. The third-order valence-electron chi connectivity index (χ3n) is 5.26. The fraction of sp³-hybridized carbons (Fsp3) is 0.227. The van der Waals surface area contributed by atoms with Crippen LogP contribution in [0, 0.1) is 13.8 Å². The van der Waals surface area contributed by atoms with Gasteiger partial charge in [0.1, 0.15) is 0 Å². The highest BCUT2D eigenvalue weighted by molar-refractivity contribution is 6.05. The smallest absolute Gasteiger partial charge is 0.259 e. The summed E-state index contributed by atoms with van der Waals surface area (Å²) in [5, 5.41) is 19.5. The average molecular weight is 399 g/mol. The van der Waals surface area contributed by atoms with Crippen LogP contribution in [0.1, 0.15) is 40.5 Å². The van der Waals surface area contributed by atoms with Gasteiger partial charge in [-0.2, -0.15) is 5.10 Å². The molecule has 2 aromatic carbocycles. The van der Waals surface area contributed by atoms with Crippen molar-refractivity contribution in [3.63, 3.8) is 0 Å². The Morgan fingerprint density at radius 3 is 2.73 bits per heavy atom. The van der Waals surface area contributed by atoms with Crippen molar-refractivity contribution in [2.24, 2.45) is 0 Å². The van der Waals surface area contributed by atoms with Gasteiger partial charge in [-0.05, 0) is 66.9 Å². The maximum Gasteiger partial charge on any atom is 0.259 e. The van der Waals surface area contributed by atoms with Gasteiger partial charge < -0.3 is 5.32 Å². The lowest BCUT2D eigenvalue weighted by atomic mass is 10.1. The molecule has 1 aliphatic carbocycles. The second kappa shape index (κ2) is 7.22. The number of benzene rings is 2. The van der Waals surface area contributed by atoms with Gasteiger partial charge in [-0.25, -0.2) is 9.36 Å². The summed E-state index contributed by atoms with van der Waals surface area (Å²) in [7, 11) is 0. The van der Waals surface area contributed by atoms with Crippen molar-refractivity contribution in [3.8, 4) is 17.1 Å². The number of anilines is 1. The monoisotopic (exact) mass is 399 g/mol. The lowest BCUT2D eigenvalue weighted by Gasteiger charge is -2.09. The SMILES string of the molecule is Cc1cccc(-n2ncc(C(=O)Nc3cccc(-c4nnnn4C4CC4)c3)c2C)c1. The Hall–Kier alpha value is -3.81. The number of aryl methyl sites for hydroxylation is 1. The molecule has 8 nitrogen and oxygen atoms in total. The number of carbonyl (C=O) groups is 1. The Balaban J connectivity index is 1.39. The van der Waals surface area contributed by atoms with Crippen molar-refractivity contribution in [3.05, 3.63) is 71.5 Å². The standard InChI is InChI=1S/C22H21N7O/c1-14-5-3-8-19(11-14)28-15(2)20(13-23-28)22(30)24-17-7-4-6-16(12-17)21-25-26-27-29(21)18-9-10-18/h3-8,11-13,18H,9-10H2,1-2H3,(H,24,30). The third-order valence-corrected chi connectivity index (χ3v) is 5.26. The van der Waals surface area contributed by atoms with E-state index in [1.54, 1.807) is 10.9 Å². The van der Waals surface area contributed by atoms with Crippen molar-refractivity contribution in [2.75, 3.05) is 5.32 Å². The Morgan fingerprint density at radius 2 is 1.93 bits per heavy atom. The van der Waals surface area contributed by atoms with Crippen LogP contribution in [-0.4, -0.2) is 35.9 Å². The summed E-state index contributed by atoms with van der Waals surface area (Å²) in [5.74, 6) is 0.516. The van der Waals surface area contributed by atoms with Crippen LogP contribution in [-0.2, 0) is 0 Å². The largest absolute Gasteiger partial charge is 0.322 e. The topological polar surface area (TPSA) is 90.5 Å². The molecule has 1 aliphatic rings. The second-order valence-electron chi connectivity index (χ2n) is 7.61. The van der Waals surface area contributed by atoms with E-state index in [1.165, 1.54) is 0 Å². The fourth-order valence-corrected chi connectivity index (χ4v) is 3.54. The van der Waals surface area contributed by atoms with E-state index >= 15 is 0 Å². The maximum atomic E-state index is 12.9. The minimum Gasteiger partial charge on any atom is -0.322 e. The van der Waals surface area contributed by atoms with E-state index in [9.17, 15) is 4.79 Å². The minimum absolute atomic E-state index is 0.203. The highest BCUT2D eigenvalue weighted by Crippen LogP contribution is 2.36. The summed E-state index contributed by atoms with van der Waals surface area (Å²) in [6, 6.07) is 16.0. The van der Waals surface area contributed by atoms with E-state index in [-0.39, 0.29) is 5.91 Å². The summed E-state index contributed by atoms with van der Waals surface area (Å²) < 4.78 is 3.64. The number of nitrogens with one attached hydrogen (secondary N) is 1. The molecule has 1 N–H and O–H groups in total. The molecule has 1 fully saturated rings. The van der Waals surface area contributed by atoms with E-state index in [2.05, 4.69) is 25.9 Å². The summed E-state index contributed by atoms with van der Waals surface area (Å²) in [4.78, 5) is 12.9. The average Bonchev–Trinajstić information content (AvgIpc) is 3.33. The van der Waals surface area contributed by atoms with Crippen molar-refractivity contribution in [1.29, 1.82) is 0 Å². The van der Waals surface area contributed by atoms with E-state index in [0.29, 0.717) is 17.3 Å². The molecule has 0 aliphatic heterocycles. The summed E-state index contributed by atoms with van der Waals surface area (Å²) in [6.45, 7) is 3.92. The zero-order chi connectivity index (χ0) is 20.7. The van der Waals surface area contributed by atoms with E-state index in [1.807, 2.05) is 67.1 Å². The highest BCUT2D eigenvalue weighted by Gasteiger charge is 2.28. The number of hydrogen-bond donors (Lipinski definition) is 1. The van der Waals surface area contributed by atoms with Gasteiger partial charge in [-0.1, -0.05) is 24.3 Å². The fourth-order valence-electron chi connectivity index (χ4n) is 3.54. The zero-order valence-electron chi connectivity index (χ0n) is 16.8. The molecule has 4 aromatic rings. The number of amides is 1. The summed E-state index contributed by atoms with van der Waals surface area (Å²) in [5.41, 5.74) is 4.94. The molecule has 8 heteroatoms. The van der Waals surface area contributed by atoms with Crippen molar-refractivity contribution in [1.82, 2.24) is 30.0 Å². The van der Waals surface area contributed by atoms with Crippen LogP contribution >= 0.6 is 0 Å². The Bertz CT molecular complexity index is 1240. The van der Waals surface area contributed by atoms with Gasteiger partial charge >= 0.3 is 0 Å².